The molecule has 0 spiro atoms. The quantitative estimate of drug-likeness (QED) is 0.418. The van der Waals surface area contributed by atoms with Crippen molar-refractivity contribution in [3.8, 4) is 11.1 Å². The van der Waals surface area contributed by atoms with Gasteiger partial charge in [0.15, 0.2) is 11.6 Å². The average Bonchev–Trinajstić information content (AvgIpc) is 2.71. The molecule has 1 aliphatic carbocycles. The van der Waals surface area contributed by atoms with Crippen molar-refractivity contribution in [3.05, 3.63) is 107 Å². The van der Waals surface area contributed by atoms with E-state index in [1.807, 2.05) is 42.5 Å². The summed E-state index contributed by atoms with van der Waals surface area (Å²) in [5.41, 5.74) is 3.75. The van der Waals surface area contributed by atoms with Crippen molar-refractivity contribution < 1.29 is 9.59 Å². The second kappa shape index (κ2) is 5.50. The second-order valence-electron chi connectivity index (χ2n) is 6.46. The number of ketones is 2. The highest BCUT2D eigenvalue weighted by molar-refractivity contribution is 6.30. The Bertz CT molecular complexity index is 1210. The van der Waals surface area contributed by atoms with Crippen molar-refractivity contribution in [1.82, 2.24) is 0 Å². The summed E-state index contributed by atoms with van der Waals surface area (Å²) >= 11 is 0. The molecule has 0 unspecified atom stereocenters. The SMILES string of the molecule is O=C1c2ccccc2C(=O)c2c1cccc2-c1cccc2ccccc12. The molecule has 0 amide bonds. The molecular formula is C24H14O2. The minimum absolute atomic E-state index is 0.0845. The van der Waals surface area contributed by atoms with E-state index in [-0.39, 0.29) is 11.6 Å². The van der Waals surface area contributed by atoms with Crippen molar-refractivity contribution in [1.29, 1.82) is 0 Å². The summed E-state index contributed by atoms with van der Waals surface area (Å²) in [5, 5.41) is 2.18. The molecule has 0 radical (unpaired) electrons. The van der Waals surface area contributed by atoms with Gasteiger partial charge in [-0.25, -0.2) is 0 Å². The van der Waals surface area contributed by atoms with Gasteiger partial charge in [-0.3, -0.25) is 9.59 Å². The topological polar surface area (TPSA) is 34.1 Å². The van der Waals surface area contributed by atoms with Crippen molar-refractivity contribution in [3.63, 3.8) is 0 Å². The van der Waals surface area contributed by atoms with Gasteiger partial charge in [0, 0.05) is 22.3 Å². The van der Waals surface area contributed by atoms with Crippen LogP contribution in [0.15, 0.2) is 84.9 Å². The average molecular weight is 334 g/mol. The molecule has 2 nitrogen and oxygen atoms in total. The van der Waals surface area contributed by atoms with Crippen LogP contribution in [0.1, 0.15) is 31.8 Å². The Morgan fingerprint density at radius 2 is 0.962 bits per heavy atom. The number of hydrogen-bond acceptors (Lipinski definition) is 2. The van der Waals surface area contributed by atoms with Crippen molar-refractivity contribution in [2.45, 2.75) is 0 Å². The molecular weight excluding hydrogens is 320 g/mol. The molecule has 4 aromatic carbocycles. The molecule has 0 bridgehead atoms. The maximum absolute atomic E-state index is 13.2. The van der Waals surface area contributed by atoms with E-state index in [1.54, 1.807) is 30.3 Å². The predicted octanol–water partition coefficient (Wildman–Crippen LogP) is 5.28. The summed E-state index contributed by atoms with van der Waals surface area (Å²) in [5.74, 6) is -0.170. The zero-order valence-corrected chi connectivity index (χ0v) is 13.9. The molecule has 1 aliphatic rings. The summed E-state index contributed by atoms with van der Waals surface area (Å²) in [6, 6.07) is 26.7. The van der Waals surface area contributed by atoms with E-state index in [2.05, 4.69) is 12.1 Å². The van der Waals surface area contributed by atoms with Gasteiger partial charge in [0.1, 0.15) is 0 Å². The van der Waals surface area contributed by atoms with Crippen LogP contribution in [0.25, 0.3) is 21.9 Å². The Hall–Kier alpha value is -3.52. The van der Waals surface area contributed by atoms with E-state index >= 15 is 0 Å². The molecule has 0 aromatic heterocycles. The third-order valence-corrected chi connectivity index (χ3v) is 5.03. The molecule has 4 aromatic rings. The van der Waals surface area contributed by atoms with Crippen molar-refractivity contribution in [2.24, 2.45) is 0 Å². The van der Waals surface area contributed by atoms with E-state index in [0.717, 1.165) is 21.9 Å². The zero-order valence-electron chi connectivity index (χ0n) is 13.9. The minimum atomic E-state index is -0.0858. The highest BCUT2D eigenvalue weighted by atomic mass is 16.1. The third kappa shape index (κ3) is 1.99. The van der Waals surface area contributed by atoms with Crippen LogP contribution in [0.2, 0.25) is 0 Å². The molecule has 0 saturated carbocycles. The lowest BCUT2D eigenvalue weighted by molar-refractivity contribution is 0.0979. The van der Waals surface area contributed by atoms with Crippen LogP contribution in [-0.2, 0) is 0 Å². The smallest absolute Gasteiger partial charge is 0.195 e. The third-order valence-electron chi connectivity index (χ3n) is 5.03. The Kier molecular flexibility index (Phi) is 3.13. The standard InChI is InChI=1S/C24H14O2/c25-23-19-10-3-4-11-20(19)24(26)22-18(13-6-14-21(22)23)17-12-5-8-15-7-1-2-9-16(15)17/h1-14H. The number of hydrogen-bond donors (Lipinski definition) is 0. The van der Waals surface area contributed by atoms with Crippen LogP contribution >= 0.6 is 0 Å². The number of carbonyl (C=O) groups excluding carboxylic acids is 2. The van der Waals surface area contributed by atoms with Crippen LogP contribution in [0, 0.1) is 0 Å². The van der Waals surface area contributed by atoms with Crippen molar-refractivity contribution >= 4 is 22.3 Å². The maximum Gasteiger partial charge on any atom is 0.195 e. The molecule has 26 heavy (non-hydrogen) atoms. The first-order valence-electron chi connectivity index (χ1n) is 8.55. The highest BCUT2D eigenvalue weighted by Crippen LogP contribution is 2.37. The molecule has 5 rings (SSSR count). The monoisotopic (exact) mass is 334 g/mol. The summed E-state index contributed by atoms with van der Waals surface area (Å²) in [6.45, 7) is 0. The maximum atomic E-state index is 13.2. The van der Waals surface area contributed by atoms with Crippen LogP contribution in [0.5, 0.6) is 0 Å². The summed E-state index contributed by atoms with van der Waals surface area (Å²) in [4.78, 5) is 26.2. The fourth-order valence-corrected chi connectivity index (χ4v) is 3.83. The van der Waals surface area contributed by atoms with Crippen LogP contribution in [-0.4, -0.2) is 11.6 Å². The second-order valence-corrected chi connectivity index (χ2v) is 6.46. The van der Waals surface area contributed by atoms with Gasteiger partial charge >= 0.3 is 0 Å². The van der Waals surface area contributed by atoms with E-state index in [9.17, 15) is 9.59 Å². The minimum Gasteiger partial charge on any atom is -0.289 e. The van der Waals surface area contributed by atoms with Gasteiger partial charge in [-0.1, -0.05) is 84.9 Å². The first-order valence-corrected chi connectivity index (χ1v) is 8.55. The van der Waals surface area contributed by atoms with E-state index in [1.165, 1.54) is 0 Å². The fraction of sp³-hybridized carbons (Fsp3) is 0. The molecule has 122 valence electrons. The number of carbonyl (C=O) groups is 2. The summed E-state index contributed by atoms with van der Waals surface area (Å²) < 4.78 is 0. The van der Waals surface area contributed by atoms with Gasteiger partial charge in [-0.05, 0) is 21.9 Å². The molecule has 0 N–H and O–H groups in total. The Balaban J connectivity index is 1.84. The van der Waals surface area contributed by atoms with Gasteiger partial charge in [-0.2, -0.15) is 0 Å². The summed E-state index contributed by atoms with van der Waals surface area (Å²) in [7, 11) is 0. The fourth-order valence-electron chi connectivity index (χ4n) is 3.83. The first kappa shape index (κ1) is 14.8. The predicted molar refractivity (Wildman–Crippen MR) is 103 cm³/mol. The van der Waals surface area contributed by atoms with Gasteiger partial charge in [0.05, 0.1) is 0 Å². The zero-order chi connectivity index (χ0) is 17.7. The van der Waals surface area contributed by atoms with Crippen LogP contribution in [0.3, 0.4) is 0 Å². The number of fused-ring (bicyclic) bond motifs is 3. The number of benzene rings is 4. The Morgan fingerprint density at radius 1 is 0.423 bits per heavy atom. The Morgan fingerprint density at radius 3 is 1.81 bits per heavy atom. The van der Waals surface area contributed by atoms with Gasteiger partial charge in [-0.15, -0.1) is 0 Å². The molecule has 2 heteroatoms. The molecule has 0 aliphatic heterocycles. The van der Waals surface area contributed by atoms with Crippen LogP contribution < -0.4 is 0 Å². The molecule has 0 fully saturated rings. The van der Waals surface area contributed by atoms with Gasteiger partial charge in [0.25, 0.3) is 0 Å². The molecule has 0 heterocycles. The normalized spacial score (nSPS) is 12.8. The highest BCUT2D eigenvalue weighted by Gasteiger charge is 2.31. The van der Waals surface area contributed by atoms with E-state index in [4.69, 9.17) is 0 Å². The lowest BCUT2D eigenvalue weighted by Crippen LogP contribution is -2.21. The Labute approximate surface area is 150 Å². The van der Waals surface area contributed by atoms with Gasteiger partial charge < -0.3 is 0 Å². The van der Waals surface area contributed by atoms with Crippen molar-refractivity contribution in [2.75, 3.05) is 0 Å². The number of rotatable bonds is 1. The summed E-state index contributed by atoms with van der Waals surface area (Å²) in [6.07, 6.45) is 0. The first-order chi connectivity index (χ1) is 12.8. The lowest BCUT2D eigenvalue weighted by Gasteiger charge is -2.20. The largest absolute Gasteiger partial charge is 0.289 e. The van der Waals surface area contributed by atoms with E-state index in [0.29, 0.717) is 22.3 Å². The van der Waals surface area contributed by atoms with E-state index < -0.39 is 0 Å². The van der Waals surface area contributed by atoms with Crippen LogP contribution in [0.4, 0.5) is 0 Å². The molecule has 0 atom stereocenters. The lowest BCUT2D eigenvalue weighted by atomic mass is 9.80. The molecule has 0 saturated heterocycles. The van der Waals surface area contributed by atoms with Gasteiger partial charge in [0.2, 0.25) is 0 Å².